The van der Waals surface area contributed by atoms with E-state index in [4.69, 9.17) is 14.0 Å². The molecule has 3 N–H and O–H groups in total. The third-order valence-electron chi connectivity index (χ3n) is 3.64. The molecule has 0 aliphatic rings. The molecule has 0 aromatic heterocycles. The summed E-state index contributed by atoms with van der Waals surface area (Å²) in [7, 11) is -2.68. The van der Waals surface area contributed by atoms with Crippen molar-refractivity contribution in [1.29, 1.82) is 0 Å². The lowest BCUT2D eigenvalue weighted by atomic mass is 10.1. The zero-order valence-corrected chi connectivity index (χ0v) is 15.9. The summed E-state index contributed by atoms with van der Waals surface area (Å²) in [6.07, 6.45) is 0.595. The van der Waals surface area contributed by atoms with Gasteiger partial charge in [-0.05, 0) is 55.3 Å². The molecule has 8 nitrogen and oxygen atoms in total. The van der Waals surface area contributed by atoms with E-state index >= 15 is 0 Å². The van der Waals surface area contributed by atoms with Gasteiger partial charge < -0.3 is 20.1 Å². The number of hydrogen-bond donors (Lipinski definition) is 3. The van der Waals surface area contributed by atoms with Crippen molar-refractivity contribution >= 4 is 21.8 Å². The van der Waals surface area contributed by atoms with Crippen LogP contribution in [0.25, 0.3) is 0 Å². The van der Waals surface area contributed by atoms with Crippen LogP contribution in [0.15, 0.2) is 47.4 Å². The summed E-state index contributed by atoms with van der Waals surface area (Å²) in [4.78, 5) is 11.7. The van der Waals surface area contributed by atoms with E-state index in [0.29, 0.717) is 36.8 Å². The van der Waals surface area contributed by atoms with Crippen molar-refractivity contribution in [3.05, 3.63) is 48.0 Å². The Hall–Kier alpha value is -2.78. The van der Waals surface area contributed by atoms with Crippen LogP contribution < -0.4 is 20.1 Å². The zero-order chi connectivity index (χ0) is 19.9. The van der Waals surface area contributed by atoms with Crippen molar-refractivity contribution in [2.75, 3.05) is 25.6 Å². The molecule has 0 bridgehead atoms. The summed E-state index contributed by atoms with van der Waals surface area (Å²) in [5.41, 5.74) is 1.38. The third kappa shape index (κ3) is 6.15. The normalized spacial score (nSPS) is 10.9. The molecular formula is C18H22N2O6S. The number of rotatable bonds is 8. The quantitative estimate of drug-likeness (QED) is 0.593. The van der Waals surface area contributed by atoms with Gasteiger partial charge in [0.15, 0.2) is 11.5 Å². The Bertz CT molecular complexity index is 881. The van der Waals surface area contributed by atoms with Crippen LogP contribution in [0.5, 0.6) is 11.5 Å². The van der Waals surface area contributed by atoms with Crippen LogP contribution in [0.4, 0.5) is 10.5 Å². The minimum absolute atomic E-state index is 0.238. The molecule has 146 valence electrons. The molecule has 0 radical (unpaired) electrons. The smallest absolute Gasteiger partial charge is 0.319 e. The summed E-state index contributed by atoms with van der Waals surface area (Å²) in [6, 6.07) is 10.4. The predicted molar refractivity (Wildman–Crippen MR) is 101 cm³/mol. The van der Waals surface area contributed by atoms with E-state index in [2.05, 4.69) is 10.6 Å². The molecule has 9 heteroatoms. The van der Waals surface area contributed by atoms with Gasteiger partial charge in [-0.25, -0.2) is 4.79 Å². The molecular weight excluding hydrogens is 372 g/mol. The highest BCUT2D eigenvalue weighted by Gasteiger charge is 2.09. The van der Waals surface area contributed by atoms with E-state index in [1.165, 1.54) is 24.3 Å². The van der Waals surface area contributed by atoms with Crippen molar-refractivity contribution in [3.63, 3.8) is 0 Å². The van der Waals surface area contributed by atoms with Gasteiger partial charge in [0.05, 0.1) is 18.6 Å². The first-order valence-corrected chi connectivity index (χ1v) is 9.69. The Balaban J connectivity index is 1.85. The highest BCUT2D eigenvalue weighted by molar-refractivity contribution is 7.85. The van der Waals surface area contributed by atoms with E-state index in [9.17, 15) is 13.2 Å². The highest BCUT2D eigenvalue weighted by Crippen LogP contribution is 2.28. The van der Waals surface area contributed by atoms with E-state index in [1.807, 2.05) is 25.1 Å². The molecule has 0 saturated carbocycles. The predicted octanol–water partition coefficient (Wildman–Crippen LogP) is 2.70. The Morgan fingerprint density at radius 3 is 2.41 bits per heavy atom. The lowest BCUT2D eigenvalue weighted by molar-refractivity contribution is 0.252. The van der Waals surface area contributed by atoms with Crippen LogP contribution in [-0.4, -0.2) is 39.3 Å². The van der Waals surface area contributed by atoms with Crippen molar-refractivity contribution in [1.82, 2.24) is 5.32 Å². The molecule has 2 amide bonds. The van der Waals surface area contributed by atoms with Crippen LogP contribution in [0.2, 0.25) is 0 Å². The molecule has 0 aliphatic carbocycles. The summed E-state index contributed by atoms with van der Waals surface area (Å²) >= 11 is 0. The lowest BCUT2D eigenvalue weighted by Gasteiger charge is -2.11. The number of methoxy groups -OCH3 is 1. The molecule has 0 unspecified atom stereocenters. The average Bonchev–Trinajstić information content (AvgIpc) is 2.62. The molecule has 0 spiro atoms. The second-order valence-electron chi connectivity index (χ2n) is 5.55. The Labute approximate surface area is 158 Å². The minimum Gasteiger partial charge on any atom is -0.493 e. The average molecular weight is 394 g/mol. The first kappa shape index (κ1) is 20.5. The number of urea groups is 1. The van der Waals surface area contributed by atoms with Gasteiger partial charge in [-0.3, -0.25) is 4.55 Å². The van der Waals surface area contributed by atoms with E-state index in [-0.39, 0.29) is 4.90 Å². The number of benzene rings is 2. The molecule has 0 aliphatic heterocycles. The second-order valence-corrected chi connectivity index (χ2v) is 6.97. The van der Waals surface area contributed by atoms with Crippen molar-refractivity contribution < 1.29 is 27.2 Å². The molecule has 0 saturated heterocycles. The zero-order valence-electron chi connectivity index (χ0n) is 15.1. The topological polar surface area (TPSA) is 114 Å². The summed E-state index contributed by atoms with van der Waals surface area (Å²) < 4.78 is 41.7. The first-order chi connectivity index (χ1) is 12.8. The Kier molecular flexibility index (Phi) is 7.03. The van der Waals surface area contributed by atoms with Gasteiger partial charge in [0.25, 0.3) is 10.1 Å². The van der Waals surface area contributed by atoms with Gasteiger partial charge in [0.2, 0.25) is 0 Å². The lowest BCUT2D eigenvalue weighted by Crippen LogP contribution is -2.30. The third-order valence-corrected chi connectivity index (χ3v) is 4.51. The number of nitrogens with one attached hydrogen (secondary N) is 2. The monoisotopic (exact) mass is 394 g/mol. The SMILES string of the molecule is CCOc1ccc(CCNC(=O)Nc2ccc(S(=O)(=O)O)cc2)cc1OC. The van der Waals surface area contributed by atoms with Crippen LogP contribution in [0.3, 0.4) is 0 Å². The maximum absolute atomic E-state index is 11.9. The van der Waals surface area contributed by atoms with Crippen molar-refractivity contribution in [2.45, 2.75) is 18.2 Å². The fraction of sp³-hybridized carbons (Fsp3) is 0.278. The fourth-order valence-electron chi connectivity index (χ4n) is 2.35. The molecule has 0 heterocycles. The Morgan fingerprint density at radius 2 is 1.81 bits per heavy atom. The van der Waals surface area contributed by atoms with E-state index < -0.39 is 16.1 Å². The largest absolute Gasteiger partial charge is 0.493 e. The summed E-state index contributed by atoms with van der Waals surface area (Å²) in [5.74, 6) is 1.31. The maximum Gasteiger partial charge on any atom is 0.319 e. The first-order valence-electron chi connectivity index (χ1n) is 8.25. The summed E-state index contributed by atoms with van der Waals surface area (Å²) in [5, 5.41) is 5.30. The molecule has 0 fully saturated rings. The number of carbonyl (C=O) groups is 1. The molecule has 0 atom stereocenters. The van der Waals surface area contributed by atoms with Gasteiger partial charge in [-0.2, -0.15) is 8.42 Å². The van der Waals surface area contributed by atoms with Gasteiger partial charge in [0, 0.05) is 12.2 Å². The van der Waals surface area contributed by atoms with Crippen LogP contribution >= 0.6 is 0 Å². The molecule has 2 aromatic carbocycles. The van der Waals surface area contributed by atoms with Crippen LogP contribution in [0.1, 0.15) is 12.5 Å². The molecule has 2 aromatic rings. The Morgan fingerprint density at radius 1 is 1.11 bits per heavy atom. The highest BCUT2D eigenvalue weighted by atomic mass is 32.2. The standard InChI is InChI=1S/C18H22N2O6S/c1-3-26-16-9-4-13(12-17(16)25-2)10-11-19-18(21)20-14-5-7-15(8-6-14)27(22,23)24/h4-9,12H,3,10-11H2,1-2H3,(H2,19,20,21)(H,22,23,24). The minimum atomic E-state index is -4.25. The number of carbonyl (C=O) groups excluding carboxylic acids is 1. The van der Waals surface area contributed by atoms with Gasteiger partial charge in [-0.15, -0.1) is 0 Å². The number of amides is 2. The molecule has 2 rings (SSSR count). The van der Waals surface area contributed by atoms with Crippen LogP contribution in [0, 0.1) is 0 Å². The van der Waals surface area contributed by atoms with Gasteiger partial charge in [-0.1, -0.05) is 6.07 Å². The van der Waals surface area contributed by atoms with Crippen molar-refractivity contribution in [2.24, 2.45) is 0 Å². The number of ether oxygens (including phenoxy) is 2. The van der Waals surface area contributed by atoms with Gasteiger partial charge in [0.1, 0.15) is 0 Å². The number of anilines is 1. The number of hydrogen-bond acceptors (Lipinski definition) is 5. The molecule has 27 heavy (non-hydrogen) atoms. The van der Waals surface area contributed by atoms with E-state index in [0.717, 1.165) is 5.56 Å². The summed E-state index contributed by atoms with van der Waals surface area (Å²) in [6.45, 7) is 2.83. The van der Waals surface area contributed by atoms with E-state index in [1.54, 1.807) is 7.11 Å². The maximum atomic E-state index is 11.9. The van der Waals surface area contributed by atoms with Crippen molar-refractivity contribution in [3.8, 4) is 11.5 Å². The second kappa shape index (κ2) is 9.24. The van der Waals surface area contributed by atoms with Crippen LogP contribution in [-0.2, 0) is 16.5 Å². The fourth-order valence-corrected chi connectivity index (χ4v) is 2.83. The van der Waals surface area contributed by atoms with Gasteiger partial charge >= 0.3 is 6.03 Å².